The lowest BCUT2D eigenvalue weighted by atomic mass is 10.1. The number of benzene rings is 1. The Morgan fingerprint density at radius 3 is 2.18 bits per heavy atom. The fourth-order valence-electron chi connectivity index (χ4n) is 1.28. The van der Waals surface area contributed by atoms with Gasteiger partial charge >= 0.3 is 17.9 Å². The molecular weight excluding hydrogens is 230 g/mol. The molecule has 1 rings (SSSR count). The van der Waals surface area contributed by atoms with Crippen molar-refractivity contribution in [1.82, 2.24) is 0 Å². The normalized spacial score (nSPS) is 9.65. The van der Waals surface area contributed by atoms with Crippen LogP contribution >= 0.6 is 0 Å². The van der Waals surface area contributed by atoms with E-state index < -0.39 is 35.6 Å². The van der Waals surface area contributed by atoms with Gasteiger partial charge in [0, 0.05) is 0 Å². The van der Waals surface area contributed by atoms with Crippen molar-refractivity contribution in [1.29, 1.82) is 0 Å². The van der Waals surface area contributed by atoms with Crippen molar-refractivity contribution in [2.45, 2.75) is 0 Å². The van der Waals surface area contributed by atoms with Gasteiger partial charge in [0.1, 0.15) is 6.54 Å². The topological polar surface area (TPSA) is 124 Å². The molecule has 0 saturated carbocycles. The maximum Gasteiger partial charge on any atom is 0.338 e. The minimum absolute atomic E-state index is 0.0419. The Bertz CT molecular complexity index is 482. The van der Waals surface area contributed by atoms with Gasteiger partial charge in [-0.05, 0) is 12.1 Å². The number of carboxylic acid groups (broad SMARTS) is 3. The number of rotatable bonds is 5. The molecule has 0 aliphatic carbocycles. The van der Waals surface area contributed by atoms with Gasteiger partial charge in [-0.3, -0.25) is 4.79 Å². The second-order valence-corrected chi connectivity index (χ2v) is 3.09. The zero-order chi connectivity index (χ0) is 13.0. The van der Waals surface area contributed by atoms with Crippen LogP contribution in [0.25, 0.3) is 0 Å². The number of anilines is 1. The monoisotopic (exact) mass is 239 g/mol. The van der Waals surface area contributed by atoms with Crippen LogP contribution in [-0.2, 0) is 4.79 Å². The summed E-state index contributed by atoms with van der Waals surface area (Å²) in [7, 11) is 0. The van der Waals surface area contributed by atoms with Gasteiger partial charge in [0.05, 0.1) is 16.8 Å². The van der Waals surface area contributed by atoms with E-state index in [1.807, 2.05) is 0 Å². The van der Waals surface area contributed by atoms with E-state index in [1.54, 1.807) is 0 Å². The minimum Gasteiger partial charge on any atom is -0.480 e. The highest BCUT2D eigenvalue weighted by Gasteiger charge is 2.19. The molecule has 0 aromatic heterocycles. The number of aromatic carboxylic acids is 2. The molecule has 0 unspecified atom stereocenters. The van der Waals surface area contributed by atoms with Gasteiger partial charge in [-0.1, -0.05) is 6.07 Å². The number of hydrogen-bond donors (Lipinski definition) is 4. The molecule has 0 saturated heterocycles. The fourth-order valence-corrected chi connectivity index (χ4v) is 1.28. The first-order chi connectivity index (χ1) is 7.93. The van der Waals surface area contributed by atoms with Crippen LogP contribution < -0.4 is 5.32 Å². The molecule has 0 radical (unpaired) electrons. The van der Waals surface area contributed by atoms with Gasteiger partial charge in [-0.25, -0.2) is 9.59 Å². The molecule has 0 aliphatic rings. The minimum atomic E-state index is -1.43. The molecule has 0 heterocycles. The largest absolute Gasteiger partial charge is 0.480 e. The van der Waals surface area contributed by atoms with E-state index in [2.05, 4.69) is 5.32 Å². The van der Waals surface area contributed by atoms with E-state index in [1.165, 1.54) is 12.1 Å². The molecule has 4 N–H and O–H groups in total. The fraction of sp³-hybridized carbons (Fsp3) is 0.100. The third-order valence-electron chi connectivity index (χ3n) is 1.94. The summed E-state index contributed by atoms with van der Waals surface area (Å²) >= 11 is 0. The van der Waals surface area contributed by atoms with E-state index >= 15 is 0 Å². The van der Waals surface area contributed by atoms with E-state index in [-0.39, 0.29) is 5.69 Å². The zero-order valence-electron chi connectivity index (χ0n) is 8.51. The van der Waals surface area contributed by atoms with Crippen LogP contribution in [-0.4, -0.2) is 39.8 Å². The van der Waals surface area contributed by atoms with Crippen LogP contribution in [0.5, 0.6) is 0 Å². The van der Waals surface area contributed by atoms with Crippen LogP contribution in [0.1, 0.15) is 20.7 Å². The standard InChI is InChI=1S/C10H9NO6/c12-7(13)4-11-6-3-1-2-5(9(14)15)8(6)10(16)17/h1-3,11H,4H2,(H,12,13)(H,14,15)(H,16,17). The number of hydrogen-bond acceptors (Lipinski definition) is 4. The molecule has 0 aliphatic heterocycles. The Kier molecular flexibility index (Phi) is 3.66. The SMILES string of the molecule is O=C(O)CNc1cccc(C(=O)O)c1C(=O)O. The van der Waals surface area contributed by atoms with E-state index in [0.717, 1.165) is 6.07 Å². The van der Waals surface area contributed by atoms with Gasteiger partial charge in [0.25, 0.3) is 0 Å². The van der Waals surface area contributed by atoms with Crippen molar-refractivity contribution in [3.63, 3.8) is 0 Å². The highest BCUT2D eigenvalue weighted by molar-refractivity contribution is 6.06. The highest BCUT2D eigenvalue weighted by Crippen LogP contribution is 2.20. The Labute approximate surface area is 95.3 Å². The second-order valence-electron chi connectivity index (χ2n) is 3.09. The predicted molar refractivity (Wildman–Crippen MR) is 56.5 cm³/mol. The summed E-state index contributed by atoms with van der Waals surface area (Å²) in [6, 6.07) is 3.77. The summed E-state index contributed by atoms with van der Waals surface area (Å²) in [6.07, 6.45) is 0. The molecule has 0 bridgehead atoms. The molecule has 1 aromatic rings. The van der Waals surface area contributed by atoms with Crippen LogP contribution in [0.2, 0.25) is 0 Å². The molecule has 0 amide bonds. The van der Waals surface area contributed by atoms with Crippen molar-refractivity contribution in [2.24, 2.45) is 0 Å². The smallest absolute Gasteiger partial charge is 0.338 e. The van der Waals surface area contributed by atoms with E-state index in [9.17, 15) is 14.4 Å². The molecule has 7 nitrogen and oxygen atoms in total. The van der Waals surface area contributed by atoms with Crippen LogP contribution in [0, 0.1) is 0 Å². The maximum atomic E-state index is 10.9. The van der Waals surface area contributed by atoms with Gasteiger partial charge in [-0.2, -0.15) is 0 Å². The average Bonchev–Trinajstić information content (AvgIpc) is 2.25. The summed E-state index contributed by atoms with van der Waals surface area (Å²) in [4.78, 5) is 32.1. The molecule has 0 spiro atoms. The Morgan fingerprint density at radius 1 is 1.06 bits per heavy atom. The molecule has 7 heteroatoms. The summed E-state index contributed by atoms with van der Waals surface area (Å²) in [5, 5.41) is 28.5. The van der Waals surface area contributed by atoms with Gasteiger partial charge in [0.15, 0.2) is 0 Å². The van der Waals surface area contributed by atoms with Crippen LogP contribution in [0.3, 0.4) is 0 Å². The van der Waals surface area contributed by atoms with Gasteiger partial charge in [-0.15, -0.1) is 0 Å². The third-order valence-corrected chi connectivity index (χ3v) is 1.94. The maximum absolute atomic E-state index is 10.9. The van der Waals surface area contributed by atoms with Crippen LogP contribution in [0.4, 0.5) is 5.69 Å². The lowest BCUT2D eigenvalue weighted by molar-refractivity contribution is -0.134. The molecule has 0 fully saturated rings. The Balaban J connectivity index is 3.20. The summed E-state index contributed by atoms with van der Waals surface area (Å²) in [6.45, 7) is -0.497. The van der Waals surface area contributed by atoms with Crippen LogP contribution in [0.15, 0.2) is 18.2 Å². The summed E-state index contributed by atoms with van der Waals surface area (Å²) in [5.41, 5.74) is -0.895. The lowest BCUT2D eigenvalue weighted by Crippen LogP contribution is -2.17. The predicted octanol–water partition coefficient (Wildman–Crippen LogP) is 0.580. The number of nitrogens with one attached hydrogen (secondary N) is 1. The molecule has 0 atom stereocenters. The molecule has 17 heavy (non-hydrogen) atoms. The summed E-state index contributed by atoms with van der Waals surface area (Å²) in [5.74, 6) is -4.00. The zero-order valence-corrected chi connectivity index (χ0v) is 8.51. The number of carbonyl (C=O) groups is 3. The quantitative estimate of drug-likeness (QED) is 0.592. The van der Waals surface area contributed by atoms with E-state index in [0.29, 0.717) is 0 Å². The molecular formula is C10H9NO6. The molecule has 1 aromatic carbocycles. The first kappa shape index (κ1) is 12.5. The highest BCUT2D eigenvalue weighted by atomic mass is 16.4. The number of aliphatic carboxylic acids is 1. The van der Waals surface area contributed by atoms with E-state index in [4.69, 9.17) is 15.3 Å². The first-order valence-corrected chi connectivity index (χ1v) is 4.48. The van der Waals surface area contributed by atoms with Crippen molar-refractivity contribution >= 4 is 23.6 Å². The van der Waals surface area contributed by atoms with Gasteiger partial charge < -0.3 is 20.6 Å². The lowest BCUT2D eigenvalue weighted by Gasteiger charge is -2.09. The number of carboxylic acids is 3. The van der Waals surface area contributed by atoms with Gasteiger partial charge in [0.2, 0.25) is 0 Å². The Morgan fingerprint density at radius 2 is 1.71 bits per heavy atom. The third kappa shape index (κ3) is 2.94. The Hall–Kier alpha value is -2.57. The van der Waals surface area contributed by atoms with Crippen molar-refractivity contribution < 1.29 is 29.7 Å². The molecule has 90 valence electrons. The second kappa shape index (κ2) is 4.97. The van der Waals surface area contributed by atoms with Crippen molar-refractivity contribution in [3.05, 3.63) is 29.3 Å². The van der Waals surface area contributed by atoms with Crippen molar-refractivity contribution in [2.75, 3.05) is 11.9 Å². The first-order valence-electron chi connectivity index (χ1n) is 4.48. The average molecular weight is 239 g/mol. The summed E-state index contributed by atoms with van der Waals surface area (Å²) < 4.78 is 0. The van der Waals surface area contributed by atoms with Crippen molar-refractivity contribution in [3.8, 4) is 0 Å².